The van der Waals surface area contributed by atoms with Crippen molar-refractivity contribution >= 4 is 0 Å². The van der Waals surface area contributed by atoms with Gasteiger partial charge in [0.1, 0.15) is 0 Å². The summed E-state index contributed by atoms with van der Waals surface area (Å²) in [7, 11) is 3.39. The SMILES string of the molecule is CNC(Cc1cccc(OC)c1F)C1OCCC1C. The first-order valence-corrected chi connectivity index (χ1v) is 6.77. The molecule has 1 saturated heterocycles. The van der Waals surface area contributed by atoms with Crippen LogP contribution in [0.3, 0.4) is 0 Å². The lowest BCUT2D eigenvalue weighted by molar-refractivity contribution is 0.0631. The molecule has 0 aromatic heterocycles. The van der Waals surface area contributed by atoms with Gasteiger partial charge in [-0.1, -0.05) is 19.1 Å². The molecule has 106 valence electrons. The van der Waals surface area contributed by atoms with E-state index in [4.69, 9.17) is 9.47 Å². The van der Waals surface area contributed by atoms with Crippen molar-refractivity contribution in [2.24, 2.45) is 5.92 Å². The molecule has 1 fully saturated rings. The number of ether oxygens (including phenoxy) is 2. The average molecular weight is 267 g/mol. The maximum absolute atomic E-state index is 14.2. The van der Waals surface area contributed by atoms with E-state index >= 15 is 0 Å². The summed E-state index contributed by atoms with van der Waals surface area (Å²) in [5.74, 6) is 0.537. The third-order valence-corrected chi connectivity index (χ3v) is 3.91. The summed E-state index contributed by atoms with van der Waals surface area (Å²) in [6, 6.07) is 5.39. The lowest BCUT2D eigenvalue weighted by Gasteiger charge is -2.26. The van der Waals surface area contributed by atoms with Gasteiger partial charge in [-0.05, 0) is 37.4 Å². The van der Waals surface area contributed by atoms with Crippen LogP contribution in [0.1, 0.15) is 18.9 Å². The van der Waals surface area contributed by atoms with Crippen LogP contribution in [0, 0.1) is 11.7 Å². The van der Waals surface area contributed by atoms with Crippen molar-refractivity contribution in [1.29, 1.82) is 0 Å². The highest BCUT2D eigenvalue weighted by atomic mass is 19.1. The molecule has 1 N–H and O–H groups in total. The summed E-state index contributed by atoms with van der Waals surface area (Å²) in [5.41, 5.74) is 0.668. The van der Waals surface area contributed by atoms with Crippen molar-refractivity contribution in [1.82, 2.24) is 5.32 Å². The molecule has 1 aromatic carbocycles. The van der Waals surface area contributed by atoms with Gasteiger partial charge in [-0.25, -0.2) is 4.39 Å². The second kappa shape index (κ2) is 6.35. The molecule has 0 bridgehead atoms. The Morgan fingerprint density at radius 2 is 2.32 bits per heavy atom. The fourth-order valence-corrected chi connectivity index (χ4v) is 2.72. The summed E-state index contributed by atoms with van der Waals surface area (Å²) in [4.78, 5) is 0. The van der Waals surface area contributed by atoms with Gasteiger partial charge in [0.25, 0.3) is 0 Å². The topological polar surface area (TPSA) is 30.5 Å². The molecule has 0 spiro atoms. The van der Waals surface area contributed by atoms with Gasteiger partial charge in [0, 0.05) is 12.6 Å². The van der Waals surface area contributed by atoms with E-state index in [-0.39, 0.29) is 18.0 Å². The molecule has 1 aliphatic rings. The van der Waals surface area contributed by atoms with Crippen molar-refractivity contribution in [3.05, 3.63) is 29.6 Å². The Bertz CT molecular complexity index is 425. The maximum Gasteiger partial charge on any atom is 0.168 e. The van der Waals surface area contributed by atoms with E-state index < -0.39 is 0 Å². The molecule has 4 heteroatoms. The largest absolute Gasteiger partial charge is 0.494 e. The van der Waals surface area contributed by atoms with Gasteiger partial charge < -0.3 is 14.8 Å². The third-order valence-electron chi connectivity index (χ3n) is 3.91. The van der Waals surface area contributed by atoms with E-state index in [0.29, 0.717) is 23.7 Å². The van der Waals surface area contributed by atoms with Crippen LogP contribution in [-0.2, 0) is 11.2 Å². The lowest BCUT2D eigenvalue weighted by atomic mass is 9.93. The van der Waals surface area contributed by atoms with E-state index in [1.165, 1.54) is 7.11 Å². The first-order valence-electron chi connectivity index (χ1n) is 6.77. The molecule has 2 rings (SSSR count). The highest BCUT2D eigenvalue weighted by Gasteiger charge is 2.31. The molecule has 1 heterocycles. The summed E-state index contributed by atoms with van der Waals surface area (Å²) < 4.78 is 25.0. The first-order chi connectivity index (χ1) is 9.17. The first kappa shape index (κ1) is 14.3. The third kappa shape index (κ3) is 3.07. The number of benzene rings is 1. The zero-order valence-corrected chi connectivity index (χ0v) is 11.8. The molecule has 0 aliphatic carbocycles. The molecule has 0 saturated carbocycles. The van der Waals surface area contributed by atoms with Crippen molar-refractivity contribution in [2.45, 2.75) is 31.9 Å². The van der Waals surface area contributed by atoms with Crippen LogP contribution >= 0.6 is 0 Å². The Kier molecular flexibility index (Phi) is 4.77. The summed E-state index contributed by atoms with van der Waals surface area (Å²) in [5, 5.41) is 3.26. The smallest absolute Gasteiger partial charge is 0.168 e. The Morgan fingerprint density at radius 1 is 1.53 bits per heavy atom. The van der Waals surface area contributed by atoms with Crippen LogP contribution in [0.25, 0.3) is 0 Å². The zero-order chi connectivity index (χ0) is 13.8. The predicted molar refractivity (Wildman–Crippen MR) is 73.0 cm³/mol. The second-order valence-corrected chi connectivity index (χ2v) is 5.13. The van der Waals surface area contributed by atoms with E-state index in [1.807, 2.05) is 19.2 Å². The molecule has 1 aromatic rings. The Morgan fingerprint density at radius 3 is 2.89 bits per heavy atom. The van der Waals surface area contributed by atoms with Gasteiger partial charge in [0.15, 0.2) is 11.6 Å². The second-order valence-electron chi connectivity index (χ2n) is 5.13. The Hall–Kier alpha value is -1.13. The number of nitrogens with one attached hydrogen (secondary N) is 1. The predicted octanol–water partition coefficient (Wildman–Crippen LogP) is 2.39. The minimum absolute atomic E-state index is 0.124. The van der Waals surface area contributed by atoms with Crippen molar-refractivity contribution in [3.8, 4) is 5.75 Å². The van der Waals surface area contributed by atoms with Crippen LogP contribution in [0.2, 0.25) is 0 Å². The van der Waals surface area contributed by atoms with Crippen LogP contribution in [0.15, 0.2) is 18.2 Å². The monoisotopic (exact) mass is 267 g/mol. The number of halogens is 1. The van der Waals surface area contributed by atoms with E-state index in [2.05, 4.69) is 12.2 Å². The fraction of sp³-hybridized carbons (Fsp3) is 0.600. The molecule has 3 nitrogen and oxygen atoms in total. The summed E-state index contributed by atoms with van der Waals surface area (Å²) in [6.07, 6.45) is 1.83. The molecule has 0 radical (unpaired) electrons. The molecular formula is C15H22FNO2. The minimum atomic E-state index is -0.268. The van der Waals surface area contributed by atoms with Crippen molar-refractivity contribution in [3.63, 3.8) is 0 Å². The molecule has 1 aliphatic heterocycles. The highest BCUT2D eigenvalue weighted by molar-refractivity contribution is 5.31. The fourth-order valence-electron chi connectivity index (χ4n) is 2.72. The van der Waals surface area contributed by atoms with Crippen molar-refractivity contribution in [2.75, 3.05) is 20.8 Å². The molecule has 3 atom stereocenters. The molecule has 3 unspecified atom stereocenters. The number of hydrogen-bond acceptors (Lipinski definition) is 3. The van der Waals surface area contributed by atoms with Crippen molar-refractivity contribution < 1.29 is 13.9 Å². The zero-order valence-electron chi connectivity index (χ0n) is 11.8. The quantitative estimate of drug-likeness (QED) is 0.888. The van der Waals surface area contributed by atoms with Gasteiger partial charge >= 0.3 is 0 Å². The van der Waals surface area contributed by atoms with Gasteiger partial charge in [-0.15, -0.1) is 0 Å². The normalized spacial score (nSPS) is 24.4. The summed E-state index contributed by atoms with van der Waals surface area (Å²) in [6.45, 7) is 2.98. The van der Waals surface area contributed by atoms with E-state index in [9.17, 15) is 4.39 Å². The number of methoxy groups -OCH3 is 1. The minimum Gasteiger partial charge on any atom is -0.494 e. The molecule has 0 amide bonds. The number of rotatable bonds is 5. The number of likely N-dealkylation sites (N-methyl/N-ethyl adjacent to an activating group) is 1. The lowest BCUT2D eigenvalue weighted by Crippen LogP contribution is -2.42. The van der Waals surface area contributed by atoms with Gasteiger partial charge in [0.05, 0.1) is 13.2 Å². The van der Waals surface area contributed by atoms with Crippen LogP contribution < -0.4 is 10.1 Å². The summed E-state index contributed by atoms with van der Waals surface area (Å²) >= 11 is 0. The highest BCUT2D eigenvalue weighted by Crippen LogP contribution is 2.27. The average Bonchev–Trinajstić information content (AvgIpc) is 2.84. The Labute approximate surface area is 114 Å². The standard InChI is InChI=1S/C15H22FNO2/c1-10-7-8-19-15(10)12(17-2)9-11-5-4-6-13(18-3)14(11)16/h4-6,10,12,15,17H,7-9H2,1-3H3. The van der Waals surface area contributed by atoms with Crippen LogP contribution in [0.4, 0.5) is 4.39 Å². The number of hydrogen-bond donors (Lipinski definition) is 1. The van der Waals surface area contributed by atoms with E-state index in [0.717, 1.165) is 13.0 Å². The van der Waals surface area contributed by atoms with Gasteiger partial charge in [0.2, 0.25) is 0 Å². The van der Waals surface area contributed by atoms with Gasteiger partial charge in [-0.3, -0.25) is 0 Å². The maximum atomic E-state index is 14.2. The Balaban J connectivity index is 2.14. The van der Waals surface area contributed by atoms with Crippen LogP contribution in [0.5, 0.6) is 5.75 Å². The van der Waals surface area contributed by atoms with Gasteiger partial charge in [-0.2, -0.15) is 0 Å². The van der Waals surface area contributed by atoms with E-state index in [1.54, 1.807) is 6.07 Å². The molecule has 19 heavy (non-hydrogen) atoms. The van der Waals surface area contributed by atoms with Crippen LogP contribution in [-0.4, -0.2) is 32.9 Å². The molecular weight excluding hydrogens is 245 g/mol.